The number of anilines is 1. The molecule has 2 aromatic carbocycles. The molecule has 5 nitrogen and oxygen atoms in total. The highest BCUT2D eigenvalue weighted by atomic mass is 32.2. The fourth-order valence-electron chi connectivity index (χ4n) is 2.16. The molecule has 7 heteroatoms. The Kier molecular flexibility index (Phi) is 5.16. The summed E-state index contributed by atoms with van der Waals surface area (Å²) >= 11 is 1.10. The van der Waals surface area contributed by atoms with Gasteiger partial charge in [0.05, 0.1) is 11.3 Å². The van der Waals surface area contributed by atoms with E-state index in [2.05, 4.69) is 4.72 Å². The van der Waals surface area contributed by atoms with E-state index in [4.69, 9.17) is 4.74 Å². The summed E-state index contributed by atoms with van der Waals surface area (Å²) in [6, 6.07) is 18.8. The van der Waals surface area contributed by atoms with Crippen molar-refractivity contribution in [3.8, 4) is 0 Å². The SMILES string of the molecule is O=C(OCc1ccccc1)c1ccccc1NS(=O)(=O)c1cccs1. The maximum absolute atomic E-state index is 12.4. The third-order valence-corrected chi connectivity index (χ3v) is 6.13. The van der Waals surface area contributed by atoms with Crippen LogP contribution in [0.3, 0.4) is 0 Å². The van der Waals surface area contributed by atoms with Gasteiger partial charge < -0.3 is 4.74 Å². The Hall–Kier alpha value is -2.64. The van der Waals surface area contributed by atoms with Crippen molar-refractivity contribution in [1.29, 1.82) is 0 Å². The van der Waals surface area contributed by atoms with Gasteiger partial charge in [-0.25, -0.2) is 13.2 Å². The van der Waals surface area contributed by atoms with Crippen molar-refractivity contribution in [1.82, 2.24) is 0 Å². The van der Waals surface area contributed by atoms with Crippen LogP contribution in [-0.4, -0.2) is 14.4 Å². The molecule has 1 heterocycles. The number of carbonyl (C=O) groups excluding carboxylic acids is 1. The molecule has 0 spiro atoms. The van der Waals surface area contributed by atoms with Gasteiger partial charge >= 0.3 is 5.97 Å². The second kappa shape index (κ2) is 7.50. The van der Waals surface area contributed by atoms with Crippen molar-refractivity contribution in [2.45, 2.75) is 10.8 Å². The Bertz CT molecular complexity index is 952. The number of para-hydroxylation sites is 1. The predicted octanol–water partition coefficient (Wildman–Crippen LogP) is 3.91. The summed E-state index contributed by atoms with van der Waals surface area (Å²) in [5.74, 6) is -0.590. The van der Waals surface area contributed by atoms with Gasteiger partial charge in [0.1, 0.15) is 10.8 Å². The highest BCUT2D eigenvalue weighted by Gasteiger charge is 2.20. The van der Waals surface area contributed by atoms with Crippen molar-refractivity contribution >= 4 is 33.0 Å². The quantitative estimate of drug-likeness (QED) is 0.665. The molecule has 0 fully saturated rings. The molecule has 1 aromatic heterocycles. The van der Waals surface area contributed by atoms with E-state index < -0.39 is 16.0 Å². The van der Waals surface area contributed by atoms with Gasteiger partial charge in [-0.3, -0.25) is 4.72 Å². The molecule has 0 unspecified atom stereocenters. The highest BCUT2D eigenvalue weighted by Crippen LogP contribution is 2.23. The van der Waals surface area contributed by atoms with Crippen LogP contribution in [0.4, 0.5) is 5.69 Å². The average Bonchev–Trinajstić information content (AvgIpc) is 3.16. The minimum Gasteiger partial charge on any atom is -0.457 e. The number of nitrogens with one attached hydrogen (secondary N) is 1. The maximum atomic E-state index is 12.4. The lowest BCUT2D eigenvalue weighted by Crippen LogP contribution is -2.15. The van der Waals surface area contributed by atoms with Gasteiger partial charge in [-0.2, -0.15) is 0 Å². The Morgan fingerprint density at radius 2 is 1.68 bits per heavy atom. The summed E-state index contributed by atoms with van der Waals surface area (Å²) < 4.78 is 32.6. The van der Waals surface area contributed by atoms with Crippen LogP contribution >= 0.6 is 11.3 Å². The molecule has 0 radical (unpaired) electrons. The van der Waals surface area contributed by atoms with Crippen molar-refractivity contribution < 1.29 is 17.9 Å². The van der Waals surface area contributed by atoms with Gasteiger partial charge in [0.15, 0.2) is 0 Å². The molecular weight excluding hydrogens is 358 g/mol. The van der Waals surface area contributed by atoms with Crippen LogP contribution in [0.25, 0.3) is 0 Å². The van der Waals surface area contributed by atoms with E-state index in [0.29, 0.717) is 0 Å². The number of rotatable bonds is 6. The fourth-order valence-corrected chi connectivity index (χ4v) is 4.24. The Morgan fingerprint density at radius 3 is 2.40 bits per heavy atom. The predicted molar refractivity (Wildman–Crippen MR) is 97.1 cm³/mol. The minimum atomic E-state index is -3.73. The lowest BCUT2D eigenvalue weighted by Gasteiger charge is -2.11. The molecule has 3 rings (SSSR count). The first-order valence-electron chi connectivity index (χ1n) is 7.43. The molecule has 128 valence electrons. The molecule has 25 heavy (non-hydrogen) atoms. The zero-order valence-electron chi connectivity index (χ0n) is 13.1. The number of thiophene rings is 1. The van der Waals surface area contributed by atoms with Crippen molar-refractivity contribution in [3.05, 3.63) is 83.2 Å². The van der Waals surface area contributed by atoms with E-state index in [-0.39, 0.29) is 22.1 Å². The van der Waals surface area contributed by atoms with Crippen molar-refractivity contribution in [3.63, 3.8) is 0 Å². The fraction of sp³-hybridized carbons (Fsp3) is 0.0556. The van der Waals surface area contributed by atoms with E-state index in [1.807, 2.05) is 30.3 Å². The molecule has 1 N–H and O–H groups in total. The number of sulfonamides is 1. The van der Waals surface area contributed by atoms with Crippen LogP contribution in [0.15, 0.2) is 76.3 Å². The van der Waals surface area contributed by atoms with Crippen molar-refractivity contribution in [2.24, 2.45) is 0 Å². The zero-order chi connectivity index (χ0) is 17.7. The number of benzene rings is 2. The van der Waals surface area contributed by atoms with Gasteiger partial charge in [-0.15, -0.1) is 11.3 Å². The zero-order valence-corrected chi connectivity index (χ0v) is 14.7. The summed E-state index contributed by atoms with van der Waals surface area (Å²) in [4.78, 5) is 12.4. The Morgan fingerprint density at radius 1 is 0.960 bits per heavy atom. The minimum absolute atomic E-state index is 0.117. The van der Waals surface area contributed by atoms with Crippen LogP contribution < -0.4 is 4.72 Å². The number of hydrogen-bond donors (Lipinski definition) is 1. The largest absolute Gasteiger partial charge is 0.457 e. The summed E-state index contributed by atoms with van der Waals surface area (Å²) in [6.07, 6.45) is 0. The summed E-state index contributed by atoms with van der Waals surface area (Å²) in [7, 11) is -3.73. The van der Waals surface area contributed by atoms with Crippen molar-refractivity contribution in [2.75, 3.05) is 4.72 Å². The van der Waals surface area contributed by atoms with Crippen LogP contribution in [-0.2, 0) is 21.4 Å². The smallest absolute Gasteiger partial charge is 0.340 e. The van der Waals surface area contributed by atoms with Crippen LogP contribution in [0.5, 0.6) is 0 Å². The van der Waals surface area contributed by atoms with E-state index in [1.54, 1.807) is 23.6 Å². The van der Waals surface area contributed by atoms with E-state index >= 15 is 0 Å². The first-order valence-corrected chi connectivity index (χ1v) is 9.79. The summed E-state index contributed by atoms with van der Waals surface area (Å²) in [5.41, 5.74) is 1.21. The van der Waals surface area contributed by atoms with Gasteiger partial charge in [0, 0.05) is 0 Å². The molecule has 0 aliphatic heterocycles. The number of ether oxygens (including phenoxy) is 1. The number of carbonyl (C=O) groups is 1. The van der Waals surface area contributed by atoms with Crippen LogP contribution in [0.2, 0.25) is 0 Å². The first kappa shape index (κ1) is 17.2. The Balaban J connectivity index is 1.78. The van der Waals surface area contributed by atoms with Gasteiger partial charge in [-0.05, 0) is 29.1 Å². The third-order valence-electron chi connectivity index (χ3n) is 3.36. The van der Waals surface area contributed by atoms with Crippen LogP contribution in [0, 0.1) is 0 Å². The summed E-state index contributed by atoms with van der Waals surface area (Å²) in [6.45, 7) is 0.117. The number of esters is 1. The normalized spacial score (nSPS) is 11.0. The van der Waals surface area contributed by atoms with E-state index in [0.717, 1.165) is 16.9 Å². The lowest BCUT2D eigenvalue weighted by atomic mass is 10.2. The molecular formula is C18H15NO4S2. The van der Waals surface area contributed by atoms with Gasteiger partial charge in [0.25, 0.3) is 10.0 Å². The highest BCUT2D eigenvalue weighted by molar-refractivity contribution is 7.94. The van der Waals surface area contributed by atoms with Gasteiger partial charge in [-0.1, -0.05) is 48.5 Å². The second-order valence-corrected chi connectivity index (χ2v) is 8.00. The second-order valence-electron chi connectivity index (χ2n) is 5.14. The molecule has 0 atom stereocenters. The average molecular weight is 373 g/mol. The standard InChI is InChI=1S/C18H15NO4S2/c20-18(23-13-14-7-2-1-3-8-14)15-9-4-5-10-16(15)19-25(21,22)17-11-6-12-24-17/h1-12,19H,13H2. The molecule has 0 saturated carbocycles. The summed E-state index contributed by atoms with van der Waals surface area (Å²) in [5, 5.41) is 1.68. The lowest BCUT2D eigenvalue weighted by molar-refractivity contribution is 0.0474. The molecule has 0 bridgehead atoms. The molecule has 0 amide bonds. The van der Waals surface area contributed by atoms with Crippen LogP contribution in [0.1, 0.15) is 15.9 Å². The Labute approximate surface area is 150 Å². The van der Waals surface area contributed by atoms with E-state index in [1.165, 1.54) is 18.2 Å². The topological polar surface area (TPSA) is 72.5 Å². The third kappa shape index (κ3) is 4.26. The molecule has 0 aliphatic rings. The number of hydrogen-bond acceptors (Lipinski definition) is 5. The monoisotopic (exact) mass is 373 g/mol. The first-order chi connectivity index (χ1) is 12.1. The molecule has 0 aliphatic carbocycles. The van der Waals surface area contributed by atoms with E-state index in [9.17, 15) is 13.2 Å². The molecule has 3 aromatic rings. The molecule has 0 saturated heterocycles. The van der Waals surface area contributed by atoms with Gasteiger partial charge in [0.2, 0.25) is 0 Å². The maximum Gasteiger partial charge on any atom is 0.340 e.